The molecule has 1 heterocycles. The second-order valence-electron chi connectivity index (χ2n) is 6.72. The molecule has 0 radical (unpaired) electrons. The normalized spacial score (nSPS) is 12.8. The van der Waals surface area contributed by atoms with Gasteiger partial charge in [-0.1, -0.05) is 55.9 Å². The fourth-order valence-corrected chi connectivity index (χ4v) is 3.78. The van der Waals surface area contributed by atoms with Crippen molar-refractivity contribution >= 4 is 33.4 Å². The average Bonchev–Trinajstić information content (AvgIpc) is 2.58. The van der Waals surface area contributed by atoms with E-state index < -0.39 is 10.0 Å². The lowest BCUT2D eigenvalue weighted by molar-refractivity contribution is 0.259. The van der Waals surface area contributed by atoms with Gasteiger partial charge in [0, 0.05) is 11.8 Å². The quantitative estimate of drug-likeness (QED) is 0.408. The minimum absolute atomic E-state index is 0.0382. The van der Waals surface area contributed by atoms with Gasteiger partial charge in [0.25, 0.3) is 0 Å². The second-order valence-corrected chi connectivity index (χ2v) is 9.41. The second kappa shape index (κ2) is 9.91. The maximum Gasteiger partial charge on any atom is 0.230 e. The van der Waals surface area contributed by atoms with Gasteiger partial charge in [0.2, 0.25) is 10.0 Å². The van der Waals surface area contributed by atoms with Crippen molar-refractivity contribution in [2.45, 2.75) is 37.2 Å². The van der Waals surface area contributed by atoms with E-state index in [0.29, 0.717) is 22.6 Å². The van der Waals surface area contributed by atoms with Gasteiger partial charge >= 0.3 is 0 Å². The summed E-state index contributed by atoms with van der Waals surface area (Å²) in [7, 11) is -3.46. The van der Waals surface area contributed by atoms with Crippen molar-refractivity contribution in [3.8, 4) is 0 Å². The molecule has 0 saturated heterocycles. The summed E-state index contributed by atoms with van der Waals surface area (Å²) in [5.74, 6) is 1.74. The van der Waals surface area contributed by atoms with Gasteiger partial charge in [-0.3, -0.25) is 4.72 Å². The summed E-state index contributed by atoms with van der Waals surface area (Å²) in [4.78, 5) is 8.76. The Bertz CT molecular complexity index is 830. The van der Waals surface area contributed by atoms with Crippen LogP contribution in [0.2, 0.25) is 0 Å². The van der Waals surface area contributed by atoms with E-state index in [1.807, 2.05) is 30.3 Å². The number of nitrogens with zero attached hydrogens (tertiary/aromatic N) is 2. The number of thioether (sulfide) groups is 1. The van der Waals surface area contributed by atoms with Crippen LogP contribution in [0.5, 0.6) is 0 Å². The van der Waals surface area contributed by atoms with Gasteiger partial charge in [-0.05, 0) is 17.9 Å². The van der Waals surface area contributed by atoms with Crippen LogP contribution < -0.4 is 10.0 Å². The number of aliphatic hydroxyl groups excluding tert-OH is 1. The highest BCUT2D eigenvalue weighted by atomic mass is 32.2. The number of anilines is 2. The zero-order valence-electron chi connectivity index (χ0n) is 15.7. The number of aromatic nitrogens is 2. The Labute approximate surface area is 165 Å². The highest BCUT2D eigenvalue weighted by molar-refractivity contribution is 7.98. The van der Waals surface area contributed by atoms with Gasteiger partial charge in [-0.25, -0.2) is 18.4 Å². The Kier molecular flexibility index (Phi) is 7.88. The molecule has 27 heavy (non-hydrogen) atoms. The lowest BCUT2D eigenvalue weighted by Gasteiger charge is -2.19. The van der Waals surface area contributed by atoms with E-state index in [9.17, 15) is 13.5 Å². The molecule has 9 heteroatoms. The van der Waals surface area contributed by atoms with Crippen LogP contribution in [0.3, 0.4) is 0 Å². The molecule has 0 aliphatic carbocycles. The van der Waals surface area contributed by atoms with Crippen molar-refractivity contribution in [2.75, 3.05) is 22.9 Å². The molecule has 2 aromatic rings. The molecule has 0 bridgehead atoms. The van der Waals surface area contributed by atoms with Crippen molar-refractivity contribution in [1.82, 2.24) is 9.97 Å². The molecule has 0 unspecified atom stereocenters. The van der Waals surface area contributed by atoms with Crippen LogP contribution in [0.15, 0.2) is 41.6 Å². The number of aliphatic hydroxyl groups is 1. The van der Waals surface area contributed by atoms with Crippen molar-refractivity contribution in [1.29, 1.82) is 0 Å². The van der Waals surface area contributed by atoms with Crippen molar-refractivity contribution in [2.24, 2.45) is 5.92 Å². The first-order valence-corrected chi connectivity index (χ1v) is 11.5. The topological polar surface area (TPSA) is 104 Å². The molecule has 0 aliphatic rings. The number of hydrogen-bond donors (Lipinski definition) is 3. The van der Waals surface area contributed by atoms with Gasteiger partial charge in [-0.15, -0.1) is 0 Å². The van der Waals surface area contributed by atoms with E-state index in [2.05, 4.69) is 33.9 Å². The van der Waals surface area contributed by atoms with Crippen LogP contribution in [0.25, 0.3) is 0 Å². The van der Waals surface area contributed by atoms with E-state index in [4.69, 9.17) is 0 Å². The molecule has 0 fully saturated rings. The number of sulfonamides is 1. The lowest BCUT2D eigenvalue weighted by atomic mass is 10.0. The third kappa shape index (κ3) is 8.15. The van der Waals surface area contributed by atoms with Crippen LogP contribution in [0.1, 0.15) is 25.8 Å². The molecule has 2 rings (SSSR count). The molecule has 7 nitrogen and oxygen atoms in total. The van der Waals surface area contributed by atoms with Crippen LogP contribution in [-0.2, 0) is 15.8 Å². The van der Waals surface area contributed by atoms with E-state index in [1.165, 1.54) is 17.8 Å². The molecule has 0 aliphatic heterocycles. The van der Waals surface area contributed by atoms with E-state index in [-0.39, 0.29) is 18.5 Å². The monoisotopic (exact) mass is 410 g/mol. The molecular formula is C18H26N4O3S2. The zero-order chi connectivity index (χ0) is 19.9. The maximum atomic E-state index is 11.6. The van der Waals surface area contributed by atoms with Crippen LogP contribution in [-0.4, -0.2) is 42.4 Å². The first-order valence-electron chi connectivity index (χ1n) is 8.66. The Hall–Kier alpha value is -1.84. The van der Waals surface area contributed by atoms with E-state index in [0.717, 1.165) is 18.2 Å². The molecule has 1 aromatic carbocycles. The lowest BCUT2D eigenvalue weighted by Crippen LogP contribution is -2.26. The van der Waals surface area contributed by atoms with E-state index in [1.54, 1.807) is 0 Å². The molecule has 3 N–H and O–H groups in total. The van der Waals surface area contributed by atoms with Gasteiger partial charge in [-0.2, -0.15) is 0 Å². The summed E-state index contributed by atoms with van der Waals surface area (Å²) < 4.78 is 25.6. The number of nitrogens with one attached hydrogen (secondary N) is 2. The van der Waals surface area contributed by atoms with Crippen molar-refractivity contribution < 1.29 is 13.5 Å². The first kappa shape index (κ1) is 21.5. The number of hydrogen-bond acceptors (Lipinski definition) is 7. The van der Waals surface area contributed by atoms with Gasteiger partial charge in [0.15, 0.2) is 5.16 Å². The largest absolute Gasteiger partial charge is 0.394 e. The minimum Gasteiger partial charge on any atom is -0.394 e. The van der Waals surface area contributed by atoms with Crippen molar-refractivity contribution in [3.05, 3.63) is 42.0 Å². The molecular weight excluding hydrogens is 384 g/mol. The summed E-state index contributed by atoms with van der Waals surface area (Å²) in [6.45, 7) is 4.10. The molecule has 1 aromatic heterocycles. The highest BCUT2D eigenvalue weighted by Gasteiger charge is 2.14. The van der Waals surface area contributed by atoms with Gasteiger partial charge in [0.05, 0.1) is 18.9 Å². The van der Waals surface area contributed by atoms with E-state index >= 15 is 0 Å². The summed E-state index contributed by atoms with van der Waals surface area (Å²) in [5.41, 5.74) is 1.12. The summed E-state index contributed by atoms with van der Waals surface area (Å²) in [5, 5.41) is 13.2. The smallest absolute Gasteiger partial charge is 0.230 e. The molecule has 148 valence electrons. The fraction of sp³-hybridized carbons (Fsp3) is 0.444. The highest BCUT2D eigenvalue weighted by Crippen LogP contribution is 2.24. The Balaban J connectivity index is 2.22. The number of benzene rings is 1. The fourth-order valence-electron chi connectivity index (χ4n) is 2.49. The standard InChI is InChI=1S/C18H26N4O3S2/c1-13(2)9-15(11-23)19-16-10-17(22-27(3,24)25)21-18(20-16)26-12-14-7-5-4-6-8-14/h4-8,10,13,15,23H,9,11-12H2,1-3H3,(H2,19,20,21,22)/t15-/m0/s1. The number of rotatable bonds is 10. The van der Waals surface area contributed by atoms with Crippen LogP contribution >= 0.6 is 11.8 Å². The van der Waals surface area contributed by atoms with Crippen LogP contribution in [0.4, 0.5) is 11.6 Å². The maximum absolute atomic E-state index is 11.6. The molecule has 0 spiro atoms. The molecule has 1 atom stereocenters. The predicted molar refractivity (Wildman–Crippen MR) is 110 cm³/mol. The Morgan fingerprint density at radius 2 is 1.81 bits per heavy atom. The predicted octanol–water partition coefficient (Wildman–Crippen LogP) is 2.96. The van der Waals surface area contributed by atoms with Crippen molar-refractivity contribution in [3.63, 3.8) is 0 Å². The van der Waals surface area contributed by atoms with Gasteiger partial charge < -0.3 is 10.4 Å². The zero-order valence-corrected chi connectivity index (χ0v) is 17.3. The third-order valence-corrected chi connectivity index (χ3v) is 5.03. The molecule has 0 saturated carbocycles. The summed E-state index contributed by atoms with van der Waals surface area (Å²) in [6.07, 6.45) is 1.84. The summed E-state index contributed by atoms with van der Waals surface area (Å²) in [6, 6.07) is 11.3. The van der Waals surface area contributed by atoms with Crippen LogP contribution in [0, 0.1) is 5.92 Å². The van der Waals surface area contributed by atoms with Gasteiger partial charge in [0.1, 0.15) is 11.6 Å². The molecule has 0 amide bonds. The SMILES string of the molecule is CC(C)C[C@@H](CO)Nc1cc(NS(C)(=O)=O)nc(SCc2ccccc2)n1. The summed E-state index contributed by atoms with van der Waals surface area (Å²) >= 11 is 1.42. The average molecular weight is 411 g/mol. The Morgan fingerprint density at radius 3 is 2.41 bits per heavy atom. The Morgan fingerprint density at radius 1 is 1.15 bits per heavy atom. The third-order valence-electron chi connectivity index (χ3n) is 3.53. The minimum atomic E-state index is -3.46. The first-order chi connectivity index (χ1) is 12.7.